The summed E-state index contributed by atoms with van der Waals surface area (Å²) in [5.74, 6) is -0.353. The molecule has 0 unspecified atom stereocenters. The summed E-state index contributed by atoms with van der Waals surface area (Å²) in [6, 6.07) is 15.4. The number of esters is 1. The predicted molar refractivity (Wildman–Crippen MR) is 101 cm³/mol. The van der Waals surface area contributed by atoms with Crippen LogP contribution in [0.3, 0.4) is 0 Å². The Hall–Kier alpha value is -2.92. The molecule has 3 aromatic rings. The summed E-state index contributed by atoms with van der Waals surface area (Å²) in [5, 5.41) is 13.7. The summed E-state index contributed by atoms with van der Waals surface area (Å²) < 4.78 is 6.72. The third kappa shape index (κ3) is 3.39. The monoisotopic (exact) mass is 350 g/mol. The standard InChI is InChI=1S/C21H22N2O3/c1-14-20(17-5-4-6-18(13-17)21(25)26-3)15(2)23(22-14)19-9-7-16(8-10-19)11-12-24/h4-10,13,24H,11-12H2,1-3H3. The number of aliphatic hydroxyl groups is 1. The van der Waals surface area contributed by atoms with Crippen LogP contribution in [0.4, 0.5) is 0 Å². The number of hydrogen-bond donors (Lipinski definition) is 1. The number of rotatable bonds is 5. The Morgan fingerprint density at radius 2 is 1.88 bits per heavy atom. The van der Waals surface area contributed by atoms with E-state index in [9.17, 15) is 4.79 Å². The molecule has 0 spiro atoms. The van der Waals surface area contributed by atoms with E-state index < -0.39 is 0 Å². The van der Waals surface area contributed by atoms with Crippen molar-refractivity contribution in [1.29, 1.82) is 0 Å². The van der Waals surface area contributed by atoms with Gasteiger partial charge in [0.05, 0.1) is 24.1 Å². The Balaban J connectivity index is 2.02. The lowest BCUT2D eigenvalue weighted by Crippen LogP contribution is -2.01. The Bertz CT molecular complexity index is 927. The fraction of sp³-hybridized carbons (Fsp3) is 0.238. The topological polar surface area (TPSA) is 64.3 Å². The molecule has 2 aromatic carbocycles. The molecular weight excluding hydrogens is 328 g/mol. The smallest absolute Gasteiger partial charge is 0.337 e. The van der Waals surface area contributed by atoms with Crippen molar-refractivity contribution in [3.8, 4) is 16.8 Å². The molecule has 3 rings (SSSR count). The minimum atomic E-state index is -0.353. The van der Waals surface area contributed by atoms with Crippen molar-refractivity contribution in [2.75, 3.05) is 13.7 Å². The molecule has 0 saturated carbocycles. The van der Waals surface area contributed by atoms with Gasteiger partial charge in [-0.3, -0.25) is 0 Å². The number of hydrogen-bond acceptors (Lipinski definition) is 4. The third-order valence-electron chi connectivity index (χ3n) is 4.45. The molecule has 1 N–H and O–H groups in total. The van der Waals surface area contributed by atoms with E-state index in [2.05, 4.69) is 5.10 Å². The van der Waals surface area contributed by atoms with Gasteiger partial charge in [0.15, 0.2) is 0 Å². The Morgan fingerprint density at radius 1 is 1.15 bits per heavy atom. The second-order valence-electron chi connectivity index (χ2n) is 6.17. The second-order valence-corrected chi connectivity index (χ2v) is 6.17. The predicted octanol–water partition coefficient (Wildman–Crippen LogP) is 3.48. The quantitative estimate of drug-likeness (QED) is 0.716. The maximum Gasteiger partial charge on any atom is 0.337 e. The van der Waals surface area contributed by atoms with Gasteiger partial charge in [0.1, 0.15) is 0 Å². The fourth-order valence-electron chi connectivity index (χ4n) is 3.16. The van der Waals surface area contributed by atoms with Gasteiger partial charge in [-0.2, -0.15) is 5.10 Å². The molecule has 1 aromatic heterocycles. The van der Waals surface area contributed by atoms with Crippen LogP contribution in [-0.4, -0.2) is 34.6 Å². The summed E-state index contributed by atoms with van der Waals surface area (Å²) >= 11 is 0. The van der Waals surface area contributed by atoms with Gasteiger partial charge >= 0.3 is 5.97 Å². The first kappa shape index (κ1) is 17.9. The minimum Gasteiger partial charge on any atom is -0.465 e. The fourth-order valence-corrected chi connectivity index (χ4v) is 3.16. The largest absolute Gasteiger partial charge is 0.465 e. The van der Waals surface area contributed by atoms with E-state index in [-0.39, 0.29) is 12.6 Å². The summed E-state index contributed by atoms with van der Waals surface area (Å²) in [7, 11) is 1.38. The van der Waals surface area contributed by atoms with Crippen LogP contribution in [0.15, 0.2) is 48.5 Å². The number of nitrogens with zero attached hydrogens (tertiary/aromatic N) is 2. The molecule has 0 bridgehead atoms. The van der Waals surface area contributed by atoms with Crippen molar-refractivity contribution in [1.82, 2.24) is 9.78 Å². The number of benzene rings is 2. The van der Waals surface area contributed by atoms with E-state index in [1.807, 2.05) is 61.0 Å². The lowest BCUT2D eigenvalue weighted by Gasteiger charge is -2.08. The maximum absolute atomic E-state index is 11.8. The highest BCUT2D eigenvalue weighted by Crippen LogP contribution is 2.29. The maximum atomic E-state index is 11.8. The van der Waals surface area contributed by atoms with Crippen LogP contribution in [0.1, 0.15) is 27.3 Å². The SMILES string of the molecule is COC(=O)c1cccc(-c2c(C)nn(-c3ccc(CCO)cc3)c2C)c1. The normalized spacial score (nSPS) is 10.8. The Kier molecular flexibility index (Phi) is 5.19. The van der Waals surface area contributed by atoms with Crippen molar-refractivity contribution in [3.63, 3.8) is 0 Å². The highest BCUT2D eigenvalue weighted by Gasteiger charge is 2.16. The third-order valence-corrected chi connectivity index (χ3v) is 4.45. The number of carbonyl (C=O) groups excluding carboxylic acids is 1. The van der Waals surface area contributed by atoms with Gasteiger partial charge in [0.2, 0.25) is 0 Å². The minimum absolute atomic E-state index is 0.139. The van der Waals surface area contributed by atoms with Crippen LogP contribution in [0.25, 0.3) is 16.8 Å². The first-order valence-corrected chi connectivity index (χ1v) is 8.50. The number of aliphatic hydroxyl groups excluding tert-OH is 1. The zero-order valence-electron chi connectivity index (χ0n) is 15.2. The highest BCUT2D eigenvalue weighted by atomic mass is 16.5. The molecule has 26 heavy (non-hydrogen) atoms. The van der Waals surface area contributed by atoms with Crippen LogP contribution in [0.2, 0.25) is 0 Å². The van der Waals surface area contributed by atoms with Crippen LogP contribution in [0, 0.1) is 13.8 Å². The molecule has 5 nitrogen and oxygen atoms in total. The van der Waals surface area contributed by atoms with Gasteiger partial charge in [-0.05, 0) is 55.7 Å². The first-order valence-electron chi connectivity index (χ1n) is 8.50. The number of carbonyl (C=O) groups is 1. The molecular formula is C21H22N2O3. The van der Waals surface area contributed by atoms with Crippen molar-refractivity contribution < 1.29 is 14.6 Å². The average Bonchev–Trinajstić information content (AvgIpc) is 2.96. The first-order chi connectivity index (χ1) is 12.5. The van der Waals surface area contributed by atoms with Crippen LogP contribution in [0.5, 0.6) is 0 Å². The zero-order valence-corrected chi connectivity index (χ0v) is 15.2. The second kappa shape index (κ2) is 7.54. The summed E-state index contributed by atoms with van der Waals surface area (Å²) in [4.78, 5) is 11.8. The molecule has 1 heterocycles. The molecule has 0 aliphatic heterocycles. The van der Waals surface area contributed by atoms with Gasteiger partial charge in [0.25, 0.3) is 0 Å². The van der Waals surface area contributed by atoms with Crippen molar-refractivity contribution in [3.05, 3.63) is 71.0 Å². The highest BCUT2D eigenvalue weighted by molar-refractivity contribution is 5.91. The number of aromatic nitrogens is 2. The van der Waals surface area contributed by atoms with Crippen LogP contribution in [-0.2, 0) is 11.2 Å². The van der Waals surface area contributed by atoms with Crippen molar-refractivity contribution in [2.24, 2.45) is 0 Å². The number of ether oxygens (including phenoxy) is 1. The van der Waals surface area contributed by atoms with E-state index in [0.717, 1.165) is 33.8 Å². The van der Waals surface area contributed by atoms with Crippen LogP contribution < -0.4 is 0 Å². The van der Waals surface area contributed by atoms with Gasteiger partial charge in [-0.15, -0.1) is 0 Å². The molecule has 0 radical (unpaired) electrons. The van der Waals surface area contributed by atoms with Crippen molar-refractivity contribution in [2.45, 2.75) is 20.3 Å². The van der Waals surface area contributed by atoms with E-state index >= 15 is 0 Å². The van der Waals surface area contributed by atoms with Crippen molar-refractivity contribution >= 4 is 5.97 Å². The molecule has 0 saturated heterocycles. The van der Waals surface area contributed by atoms with E-state index in [0.29, 0.717) is 12.0 Å². The average molecular weight is 350 g/mol. The summed E-state index contributed by atoms with van der Waals surface area (Å²) in [6.45, 7) is 4.12. The Labute approximate surface area is 152 Å². The molecule has 5 heteroatoms. The lowest BCUT2D eigenvalue weighted by atomic mass is 10.0. The lowest BCUT2D eigenvalue weighted by molar-refractivity contribution is 0.0601. The van der Waals surface area contributed by atoms with Crippen LogP contribution >= 0.6 is 0 Å². The van der Waals surface area contributed by atoms with Gasteiger partial charge in [-0.25, -0.2) is 9.48 Å². The molecule has 0 atom stereocenters. The zero-order chi connectivity index (χ0) is 18.7. The molecule has 0 aliphatic rings. The molecule has 0 amide bonds. The van der Waals surface area contributed by atoms with Gasteiger partial charge in [-0.1, -0.05) is 24.3 Å². The molecule has 134 valence electrons. The molecule has 0 aliphatic carbocycles. The van der Waals surface area contributed by atoms with E-state index in [4.69, 9.17) is 9.84 Å². The molecule has 0 fully saturated rings. The Morgan fingerprint density at radius 3 is 2.54 bits per heavy atom. The number of aryl methyl sites for hydroxylation is 1. The van der Waals surface area contributed by atoms with Gasteiger partial charge in [0, 0.05) is 17.9 Å². The van der Waals surface area contributed by atoms with Gasteiger partial charge < -0.3 is 9.84 Å². The van der Waals surface area contributed by atoms with E-state index in [1.54, 1.807) is 6.07 Å². The summed E-state index contributed by atoms with van der Waals surface area (Å²) in [6.07, 6.45) is 0.642. The summed E-state index contributed by atoms with van der Waals surface area (Å²) in [5.41, 5.74) is 6.40. The number of methoxy groups -OCH3 is 1. The van der Waals surface area contributed by atoms with E-state index in [1.165, 1.54) is 7.11 Å².